The summed E-state index contributed by atoms with van der Waals surface area (Å²) in [5, 5.41) is 15.4. The monoisotopic (exact) mass is 297 g/mol. The molecule has 0 fully saturated rings. The second kappa shape index (κ2) is 7.40. The van der Waals surface area contributed by atoms with E-state index in [1.807, 2.05) is 13.8 Å². The maximum absolute atomic E-state index is 9.22. The molecule has 1 heterocycles. The van der Waals surface area contributed by atoms with Crippen LogP contribution < -0.4 is 15.4 Å². The van der Waals surface area contributed by atoms with Gasteiger partial charge in [0.15, 0.2) is 0 Å². The van der Waals surface area contributed by atoms with Gasteiger partial charge in [-0.15, -0.1) is 0 Å². The summed E-state index contributed by atoms with van der Waals surface area (Å²) in [4.78, 5) is 12.7. The highest BCUT2D eigenvalue weighted by atomic mass is 16.5. The quantitative estimate of drug-likeness (QED) is 0.708. The molecule has 1 rings (SSSR count). The van der Waals surface area contributed by atoms with Gasteiger partial charge in [-0.05, 0) is 25.7 Å². The molecule has 0 aromatic carbocycles. The first kappa shape index (κ1) is 17.4. The SMILES string of the molecule is CNc1nc(NC(CCO)C(C)(C)C)nc(OC(C)C)n1. The lowest BCUT2D eigenvalue weighted by Gasteiger charge is -2.31. The van der Waals surface area contributed by atoms with E-state index in [1.165, 1.54) is 0 Å². The predicted octanol–water partition coefficient (Wildman–Crippen LogP) is 1.91. The van der Waals surface area contributed by atoms with Crippen LogP contribution in [-0.4, -0.2) is 45.9 Å². The van der Waals surface area contributed by atoms with Crippen molar-refractivity contribution in [2.24, 2.45) is 5.41 Å². The zero-order valence-electron chi connectivity index (χ0n) is 13.8. The Hall–Kier alpha value is -1.63. The Morgan fingerprint density at radius 1 is 1.14 bits per heavy atom. The largest absolute Gasteiger partial charge is 0.461 e. The summed E-state index contributed by atoms with van der Waals surface area (Å²) in [6, 6.07) is 0.324. The Morgan fingerprint density at radius 2 is 1.76 bits per heavy atom. The summed E-state index contributed by atoms with van der Waals surface area (Å²) in [6.07, 6.45) is 0.602. The molecule has 1 aromatic heterocycles. The van der Waals surface area contributed by atoms with Crippen molar-refractivity contribution in [1.29, 1.82) is 0 Å². The van der Waals surface area contributed by atoms with Gasteiger partial charge in [-0.2, -0.15) is 15.0 Å². The number of aromatic nitrogens is 3. The van der Waals surface area contributed by atoms with E-state index in [1.54, 1.807) is 7.05 Å². The third-order valence-electron chi connectivity index (χ3n) is 2.95. The van der Waals surface area contributed by atoms with Crippen LogP contribution in [0.2, 0.25) is 0 Å². The maximum atomic E-state index is 9.22. The average Bonchev–Trinajstić information content (AvgIpc) is 2.36. The number of anilines is 2. The molecule has 0 aliphatic rings. The number of nitrogens with zero attached hydrogens (tertiary/aromatic N) is 3. The lowest BCUT2D eigenvalue weighted by Crippen LogP contribution is -2.35. The Balaban J connectivity index is 2.99. The number of aliphatic hydroxyl groups excluding tert-OH is 1. The van der Waals surface area contributed by atoms with E-state index < -0.39 is 0 Å². The zero-order valence-corrected chi connectivity index (χ0v) is 13.8. The lowest BCUT2D eigenvalue weighted by molar-refractivity contribution is 0.221. The van der Waals surface area contributed by atoms with E-state index in [0.29, 0.717) is 18.3 Å². The fourth-order valence-corrected chi connectivity index (χ4v) is 1.80. The first-order valence-corrected chi connectivity index (χ1v) is 7.24. The fourth-order valence-electron chi connectivity index (χ4n) is 1.80. The molecule has 7 nitrogen and oxygen atoms in total. The molecule has 1 unspecified atom stereocenters. The molecule has 1 atom stereocenters. The van der Waals surface area contributed by atoms with Gasteiger partial charge in [0.1, 0.15) is 0 Å². The first-order valence-electron chi connectivity index (χ1n) is 7.24. The smallest absolute Gasteiger partial charge is 0.323 e. The molecule has 7 heteroatoms. The number of nitrogens with one attached hydrogen (secondary N) is 2. The van der Waals surface area contributed by atoms with Gasteiger partial charge in [0, 0.05) is 19.7 Å². The minimum atomic E-state index is -0.0335. The third-order valence-corrected chi connectivity index (χ3v) is 2.95. The molecular formula is C14H27N5O2. The van der Waals surface area contributed by atoms with Crippen LogP contribution >= 0.6 is 0 Å². The molecular weight excluding hydrogens is 270 g/mol. The number of aliphatic hydroxyl groups is 1. The minimum Gasteiger partial charge on any atom is -0.461 e. The first-order chi connectivity index (χ1) is 9.76. The molecule has 0 aliphatic carbocycles. The van der Waals surface area contributed by atoms with E-state index >= 15 is 0 Å². The van der Waals surface area contributed by atoms with E-state index in [4.69, 9.17) is 4.74 Å². The number of hydrogen-bond donors (Lipinski definition) is 3. The van der Waals surface area contributed by atoms with E-state index in [-0.39, 0.29) is 30.2 Å². The van der Waals surface area contributed by atoms with Crippen molar-refractivity contribution in [3.05, 3.63) is 0 Å². The van der Waals surface area contributed by atoms with Crippen molar-refractivity contribution in [1.82, 2.24) is 15.0 Å². The van der Waals surface area contributed by atoms with Crippen LogP contribution in [0.15, 0.2) is 0 Å². The Morgan fingerprint density at radius 3 is 2.24 bits per heavy atom. The second-order valence-electron chi connectivity index (χ2n) is 6.26. The zero-order chi connectivity index (χ0) is 16.0. The predicted molar refractivity (Wildman–Crippen MR) is 83.7 cm³/mol. The summed E-state index contributed by atoms with van der Waals surface area (Å²) in [6.45, 7) is 10.2. The van der Waals surface area contributed by atoms with Gasteiger partial charge in [-0.25, -0.2) is 0 Å². The van der Waals surface area contributed by atoms with Gasteiger partial charge in [0.25, 0.3) is 0 Å². The van der Waals surface area contributed by atoms with Gasteiger partial charge in [0.2, 0.25) is 11.9 Å². The molecule has 0 amide bonds. The van der Waals surface area contributed by atoms with Gasteiger partial charge in [-0.1, -0.05) is 20.8 Å². The van der Waals surface area contributed by atoms with Crippen LogP contribution in [0, 0.1) is 5.41 Å². The molecule has 21 heavy (non-hydrogen) atoms. The highest BCUT2D eigenvalue weighted by Gasteiger charge is 2.25. The van der Waals surface area contributed by atoms with Gasteiger partial charge < -0.3 is 20.5 Å². The Kier molecular flexibility index (Phi) is 6.14. The van der Waals surface area contributed by atoms with Crippen molar-refractivity contribution in [2.75, 3.05) is 24.3 Å². The van der Waals surface area contributed by atoms with Crippen LogP contribution in [-0.2, 0) is 0 Å². The Bertz CT molecular complexity index is 445. The lowest BCUT2D eigenvalue weighted by atomic mass is 9.85. The number of rotatable bonds is 7. The molecule has 0 saturated heterocycles. The van der Waals surface area contributed by atoms with Crippen molar-refractivity contribution in [2.45, 2.75) is 53.2 Å². The van der Waals surface area contributed by atoms with E-state index in [0.717, 1.165) is 0 Å². The van der Waals surface area contributed by atoms with Crippen molar-refractivity contribution in [3.8, 4) is 6.01 Å². The molecule has 0 radical (unpaired) electrons. The van der Waals surface area contributed by atoms with Crippen LogP contribution in [0.1, 0.15) is 41.0 Å². The molecule has 0 bridgehead atoms. The van der Waals surface area contributed by atoms with Gasteiger partial charge in [0.05, 0.1) is 6.10 Å². The summed E-state index contributed by atoms with van der Waals surface area (Å²) in [7, 11) is 1.74. The second-order valence-corrected chi connectivity index (χ2v) is 6.26. The molecule has 0 saturated carbocycles. The summed E-state index contributed by atoms with van der Waals surface area (Å²) in [5.41, 5.74) is -0.0335. The highest BCUT2D eigenvalue weighted by Crippen LogP contribution is 2.25. The van der Waals surface area contributed by atoms with Gasteiger partial charge in [-0.3, -0.25) is 0 Å². The van der Waals surface area contributed by atoms with E-state index in [9.17, 15) is 5.11 Å². The molecule has 0 aliphatic heterocycles. The summed E-state index contributed by atoms with van der Waals surface area (Å²) in [5.74, 6) is 0.887. The van der Waals surface area contributed by atoms with Crippen molar-refractivity contribution < 1.29 is 9.84 Å². The molecule has 3 N–H and O–H groups in total. The molecule has 120 valence electrons. The fraction of sp³-hybridized carbons (Fsp3) is 0.786. The molecule has 1 aromatic rings. The summed E-state index contributed by atoms with van der Waals surface area (Å²) >= 11 is 0. The average molecular weight is 297 g/mol. The number of hydrogen-bond acceptors (Lipinski definition) is 7. The van der Waals surface area contributed by atoms with Crippen LogP contribution in [0.3, 0.4) is 0 Å². The minimum absolute atomic E-state index is 0.0131. The number of ether oxygens (including phenoxy) is 1. The normalized spacial score (nSPS) is 13.1. The van der Waals surface area contributed by atoms with Gasteiger partial charge >= 0.3 is 6.01 Å². The van der Waals surface area contributed by atoms with Crippen LogP contribution in [0.5, 0.6) is 6.01 Å². The maximum Gasteiger partial charge on any atom is 0.323 e. The van der Waals surface area contributed by atoms with Crippen molar-refractivity contribution >= 4 is 11.9 Å². The van der Waals surface area contributed by atoms with Crippen LogP contribution in [0.4, 0.5) is 11.9 Å². The topological polar surface area (TPSA) is 92.2 Å². The highest BCUT2D eigenvalue weighted by molar-refractivity contribution is 5.36. The third kappa shape index (κ3) is 5.71. The van der Waals surface area contributed by atoms with Crippen molar-refractivity contribution in [3.63, 3.8) is 0 Å². The van der Waals surface area contributed by atoms with Crippen LogP contribution in [0.25, 0.3) is 0 Å². The van der Waals surface area contributed by atoms with E-state index in [2.05, 4.69) is 46.4 Å². The standard InChI is InChI=1S/C14H27N5O2/c1-9(2)21-13-18-11(15-6)17-12(19-13)16-10(7-8-20)14(3,4)5/h9-10,20H,7-8H2,1-6H3,(H2,15,16,17,18,19). The summed E-state index contributed by atoms with van der Waals surface area (Å²) < 4.78 is 5.53. The molecule has 0 spiro atoms. The Labute approximate surface area is 126 Å².